The van der Waals surface area contributed by atoms with E-state index in [1.165, 1.54) is 12.0 Å². The Labute approximate surface area is 213 Å². The quantitative estimate of drug-likeness (QED) is 0.268. The summed E-state index contributed by atoms with van der Waals surface area (Å²) in [6.07, 6.45) is 4.57. The van der Waals surface area contributed by atoms with Crippen LogP contribution in [0.25, 0.3) is 5.69 Å². The van der Waals surface area contributed by atoms with Gasteiger partial charge in [-0.05, 0) is 47.4 Å². The van der Waals surface area contributed by atoms with Crippen molar-refractivity contribution in [3.63, 3.8) is 0 Å². The highest BCUT2D eigenvalue weighted by Crippen LogP contribution is 2.37. The Morgan fingerprint density at radius 1 is 1.26 bits per heavy atom. The van der Waals surface area contributed by atoms with Crippen molar-refractivity contribution in [1.82, 2.24) is 19.8 Å². The molecule has 178 valence electrons. The zero-order chi connectivity index (χ0) is 23.5. The van der Waals surface area contributed by atoms with Gasteiger partial charge >= 0.3 is 0 Å². The maximum atomic E-state index is 13.8. The molecule has 2 aromatic heterocycles. The van der Waals surface area contributed by atoms with Crippen molar-refractivity contribution in [3.05, 3.63) is 68.3 Å². The van der Waals surface area contributed by atoms with Gasteiger partial charge in [-0.25, -0.2) is 4.98 Å². The van der Waals surface area contributed by atoms with Crippen molar-refractivity contribution in [3.8, 4) is 5.69 Å². The van der Waals surface area contributed by atoms with Crippen LogP contribution in [-0.4, -0.2) is 38.7 Å². The topological polar surface area (TPSA) is 67.2 Å². The second-order valence-corrected chi connectivity index (χ2v) is 11.3. The summed E-state index contributed by atoms with van der Waals surface area (Å²) >= 11 is 7.98. The van der Waals surface area contributed by atoms with E-state index in [0.717, 1.165) is 40.8 Å². The van der Waals surface area contributed by atoms with E-state index < -0.39 is 0 Å². The van der Waals surface area contributed by atoms with Gasteiger partial charge in [0.15, 0.2) is 5.16 Å². The first-order chi connectivity index (χ1) is 16.6. The minimum Gasteiger partial charge on any atom is -0.338 e. The van der Waals surface area contributed by atoms with Crippen LogP contribution in [-0.2, 0) is 24.3 Å². The fraction of sp³-hybridized carbons (Fsp3) is 0.400. The monoisotopic (exact) mass is 512 g/mol. The Morgan fingerprint density at radius 2 is 2.12 bits per heavy atom. The molecular formula is C25H28N4O2S3. The molecule has 5 rings (SSSR count). The number of thiol groups is 1. The molecule has 6 nitrogen and oxygen atoms in total. The number of para-hydroxylation sites is 1. The number of aromatic nitrogens is 2. The van der Waals surface area contributed by atoms with Gasteiger partial charge in [-0.3, -0.25) is 14.2 Å². The van der Waals surface area contributed by atoms with Crippen molar-refractivity contribution in [2.45, 2.75) is 60.5 Å². The van der Waals surface area contributed by atoms with Crippen LogP contribution in [0.4, 0.5) is 0 Å². The Kier molecular flexibility index (Phi) is 7.43. The fourth-order valence-electron chi connectivity index (χ4n) is 4.23. The van der Waals surface area contributed by atoms with Gasteiger partial charge in [-0.2, -0.15) is 11.3 Å². The van der Waals surface area contributed by atoms with E-state index in [4.69, 9.17) is 4.98 Å². The van der Waals surface area contributed by atoms with Gasteiger partial charge in [0.25, 0.3) is 5.56 Å². The van der Waals surface area contributed by atoms with E-state index in [1.807, 2.05) is 24.3 Å². The molecule has 1 aliphatic heterocycles. The fourth-order valence-corrected chi connectivity index (χ4v) is 6.48. The second-order valence-electron chi connectivity index (χ2n) is 8.74. The molecule has 0 bridgehead atoms. The molecule has 1 saturated carbocycles. The van der Waals surface area contributed by atoms with E-state index in [1.54, 1.807) is 32.6 Å². The van der Waals surface area contributed by atoms with Gasteiger partial charge in [0, 0.05) is 42.6 Å². The molecule has 1 amide bonds. The average molecular weight is 513 g/mol. The Hall–Kier alpha value is -2.07. The summed E-state index contributed by atoms with van der Waals surface area (Å²) < 4.78 is 1.71. The summed E-state index contributed by atoms with van der Waals surface area (Å²) in [7, 11) is 0. The van der Waals surface area contributed by atoms with Crippen molar-refractivity contribution in [2.75, 3.05) is 13.1 Å². The number of carbonyl (C=O) groups is 1. The molecule has 0 atom stereocenters. The molecule has 3 aromatic rings. The van der Waals surface area contributed by atoms with Crippen LogP contribution in [0.5, 0.6) is 0 Å². The summed E-state index contributed by atoms with van der Waals surface area (Å²) in [5.41, 5.74) is 3.35. The number of nitrogens with zero attached hydrogens (tertiary/aromatic N) is 3. The van der Waals surface area contributed by atoms with E-state index >= 15 is 0 Å². The lowest BCUT2D eigenvalue weighted by molar-refractivity contribution is -0.132. The van der Waals surface area contributed by atoms with Gasteiger partial charge < -0.3 is 10.2 Å². The Balaban J connectivity index is 1.35. The number of rotatable bonds is 8. The van der Waals surface area contributed by atoms with Gasteiger partial charge in [0.2, 0.25) is 5.91 Å². The first-order valence-electron chi connectivity index (χ1n) is 11.7. The maximum absolute atomic E-state index is 13.8. The van der Waals surface area contributed by atoms with Crippen molar-refractivity contribution < 1.29 is 4.79 Å². The van der Waals surface area contributed by atoms with Crippen LogP contribution in [0, 0.1) is 0 Å². The van der Waals surface area contributed by atoms with Crippen LogP contribution in [0.2, 0.25) is 0 Å². The van der Waals surface area contributed by atoms with Gasteiger partial charge in [-0.15, -0.1) is 12.6 Å². The van der Waals surface area contributed by atoms with E-state index in [2.05, 4.69) is 34.8 Å². The minimum absolute atomic E-state index is 0.0666. The number of benzene rings is 1. The number of hydrogen-bond donors (Lipinski definition) is 2. The van der Waals surface area contributed by atoms with Crippen molar-refractivity contribution in [2.24, 2.45) is 0 Å². The molecule has 2 aliphatic rings. The SMILES string of the molecule is O=C(CCNCc1ccsc1)N1CCc2nc(SC3CCC3)n(-c3ccccc3S)c(=O)c2C1. The third-order valence-corrected chi connectivity index (χ3v) is 8.82. The van der Waals surface area contributed by atoms with Crippen LogP contribution in [0.15, 0.2) is 55.9 Å². The number of carbonyl (C=O) groups excluding carboxylic acids is 1. The maximum Gasteiger partial charge on any atom is 0.264 e. The largest absolute Gasteiger partial charge is 0.338 e. The summed E-state index contributed by atoms with van der Waals surface area (Å²) in [6, 6.07) is 9.71. The summed E-state index contributed by atoms with van der Waals surface area (Å²) in [4.78, 5) is 34.1. The first kappa shape index (κ1) is 23.7. The zero-order valence-electron chi connectivity index (χ0n) is 18.9. The first-order valence-corrected chi connectivity index (χ1v) is 14.0. The molecule has 34 heavy (non-hydrogen) atoms. The van der Waals surface area contributed by atoms with Gasteiger partial charge in [0.05, 0.1) is 23.5 Å². The summed E-state index contributed by atoms with van der Waals surface area (Å²) in [5.74, 6) is 0.0666. The van der Waals surface area contributed by atoms with Crippen LogP contribution in [0.3, 0.4) is 0 Å². The smallest absolute Gasteiger partial charge is 0.264 e. The lowest BCUT2D eigenvalue weighted by Gasteiger charge is -2.30. The molecule has 1 fully saturated rings. The third kappa shape index (κ3) is 5.12. The van der Waals surface area contributed by atoms with E-state index in [0.29, 0.717) is 43.3 Å². The molecule has 0 spiro atoms. The number of fused-ring (bicyclic) bond motifs is 1. The number of amides is 1. The molecule has 3 heterocycles. The van der Waals surface area contributed by atoms with Gasteiger partial charge in [0.1, 0.15) is 0 Å². The molecule has 1 N–H and O–H groups in total. The highest BCUT2D eigenvalue weighted by Gasteiger charge is 2.29. The normalized spacial score (nSPS) is 15.7. The van der Waals surface area contributed by atoms with Crippen LogP contribution in [0.1, 0.15) is 42.5 Å². The highest BCUT2D eigenvalue weighted by molar-refractivity contribution is 7.99. The highest BCUT2D eigenvalue weighted by atomic mass is 32.2. The number of thioether (sulfide) groups is 1. The van der Waals surface area contributed by atoms with Crippen molar-refractivity contribution >= 4 is 41.6 Å². The second kappa shape index (κ2) is 10.7. The molecule has 0 saturated heterocycles. The molecule has 0 radical (unpaired) electrons. The number of thiophene rings is 1. The Morgan fingerprint density at radius 3 is 2.85 bits per heavy atom. The zero-order valence-corrected chi connectivity index (χ0v) is 21.4. The number of nitrogens with one attached hydrogen (secondary N) is 1. The average Bonchev–Trinajstić information content (AvgIpc) is 3.33. The van der Waals surface area contributed by atoms with Crippen molar-refractivity contribution in [1.29, 1.82) is 0 Å². The predicted octanol–water partition coefficient (Wildman–Crippen LogP) is 4.29. The molecular weight excluding hydrogens is 485 g/mol. The standard InChI is InChI=1S/C25H28N4O2S3/c30-23(8-11-26-14-17-10-13-33-16-17)28-12-9-20-19(15-28)24(31)29(21-6-1-2-7-22(21)32)25(27-20)34-18-4-3-5-18/h1-2,6-7,10,13,16,18,26,32H,3-5,8-9,11-12,14-15H2. The third-order valence-electron chi connectivity index (χ3n) is 6.42. The van der Waals surface area contributed by atoms with E-state index in [9.17, 15) is 9.59 Å². The Bertz CT molecular complexity index is 1220. The molecule has 1 aliphatic carbocycles. The lowest BCUT2D eigenvalue weighted by Crippen LogP contribution is -2.42. The predicted molar refractivity (Wildman–Crippen MR) is 140 cm³/mol. The molecule has 0 unspecified atom stereocenters. The minimum atomic E-state index is -0.0820. The molecule has 9 heteroatoms. The number of hydrogen-bond acceptors (Lipinski definition) is 7. The summed E-state index contributed by atoms with van der Waals surface area (Å²) in [6.45, 7) is 2.29. The lowest BCUT2D eigenvalue weighted by atomic mass is 10.0. The van der Waals surface area contributed by atoms with Crippen LogP contribution >= 0.6 is 35.7 Å². The van der Waals surface area contributed by atoms with Gasteiger partial charge in [-0.1, -0.05) is 30.3 Å². The molecule has 1 aromatic carbocycles. The summed E-state index contributed by atoms with van der Waals surface area (Å²) in [5, 5.41) is 8.74. The van der Waals surface area contributed by atoms with Crippen LogP contribution < -0.4 is 10.9 Å². The van der Waals surface area contributed by atoms with E-state index in [-0.39, 0.29) is 11.5 Å².